The van der Waals surface area contributed by atoms with E-state index in [0.29, 0.717) is 15.6 Å². The summed E-state index contributed by atoms with van der Waals surface area (Å²) in [5.41, 5.74) is -0.476. The van der Waals surface area contributed by atoms with E-state index in [4.69, 9.17) is 23.2 Å². The second-order valence-electron chi connectivity index (χ2n) is 4.74. The van der Waals surface area contributed by atoms with Gasteiger partial charge in [-0.3, -0.25) is 14.2 Å². The minimum absolute atomic E-state index is 0.0211. The molecule has 1 heterocycles. The Morgan fingerprint density at radius 1 is 1.23 bits per heavy atom. The third-order valence-corrected chi connectivity index (χ3v) is 3.96. The Hall–Kier alpha value is -2.05. The Morgan fingerprint density at radius 2 is 1.91 bits per heavy atom. The summed E-state index contributed by atoms with van der Waals surface area (Å²) < 4.78 is 2.13. The monoisotopic (exact) mass is 341 g/mol. The number of carbonyl (C=O) groups is 1. The van der Waals surface area contributed by atoms with Gasteiger partial charge in [0.05, 0.1) is 16.5 Å². The lowest BCUT2D eigenvalue weighted by Gasteiger charge is -2.09. The van der Waals surface area contributed by atoms with E-state index in [2.05, 4.69) is 5.32 Å². The van der Waals surface area contributed by atoms with E-state index >= 15 is 0 Å². The molecule has 0 aliphatic heterocycles. The Bertz CT molecular complexity index is 855. The normalized spacial score (nSPS) is 10.5. The van der Waals surface area contributed by atoms with Crippen molar-refractivity contribution in [1.29, 1.82) is 0 Å². The van der Waals surface area contributed by atoms with E-state index in [-0.39, 0.29) is 12.1 Å². The summed E-state index contributed by atoms with van der Waals surface area (Å²) in [6.07, 6.45) is 1.24. The molecule has 0 aliphatic rings. The minimum Gasteiger partial charge on any atom is -0.320 e. The van der Waals surface area contributed by atoms with Crippen LogP contribution in [0.3, 0.4) is 0 Å². The van der Waals surface area contributed by atoms with Crippen molar-refractivity contribution in [3.05, 3.63) is 60.8 Å². The van der Waals surface area contributed by atoms with E-state index in [1.807, 2.05) is 0 Å². The molecular formula is C14H13Cl2N3O3. The highest BCUT2D eigenvalue weighted by atomic mass is 35.5. The van der Waals surface area contributed by atoms with Crippen LogP contribution in [0.5, 0.6) is 0 Å². The van der Waals surface area contributed by atoms with Crippen molar-refractivity contribution in [3.8, 4) is 0 Å². The van der Waals surface area contributed by atoms with Crippen molar-refractivity contribution in [2.45, 2.75) is 6.42 Å². The molecule has 1 aromatic carbocycles. The average Bonchev–Trinajstić information content (AvgIpc) is 2.47. The maximum Gasteiger partial charge on any atom is 0.330 e. The van der Waals surface area contributed by atoms with Crippen LogP contribution >= 0.6 is 23.2 Å². The van der Waals surface area contributed by atoms with Gasteiger partial charge in [-0.25, -0.2) is 4.79 Å². The summed E-state index contributed by atoms with van der Waals surface area (Å²) in [6, 6.07) is 4.97. The maximum atomic E-state index is 12.1. The summed E-state index contributed by atoms with van der Waals surface area (Å²) in [7, 11) is 2.83. The predicted octanol–water partition coefficient (Wildman–Crippen LogP) is 1.57. The van der Waals surface area contributed by atoms with Gasteiger partial charge in [-0.15, -0.1) is 0 Å². The van der Waals surface area contributed by atoms with Crippen LogP contribution in [0.4, 0.5) is 5.69 Å². The summed E-state index contributed by atoms with van der Waals surface area (Å²) in [6.45, 7) is 0. The summed E-state index contributed by atoms with van der Waals surface area (Å²) in [5, 5.41) is 3.13. The number of aryl methyl sites for hydroxylation is 1. The molecular weight excluding hydrogens is 329 g/mol. The first-order valence-electron chi connectivity index (χ1n) is 6.30. The highest BCUT2D eigenvalue weighted by Crippen LogP contribution is 2.25. The first-order valence-corrected chi connectivity index (χ1v) is 7.06. The quantitative estimate of drug-likeness (QED) is 0.920. The SMILES string of the molecule is Cn1cc(NC(=O)Cc2cccc(Cl)c2Cl)c(=O)n(C)c1=O. The molecule has 8 heteroatoms. The molecule has 1 N–H and O–H groups in total. The molecule has 1 aromatic heterocycles. The second kappa shape index (κ2) is 6.37. The third-order valence-electron chi connectivity index (χ3n) is 3.10. The fourth-order valence-electron chi connectivity index (χ4n) is 1.95. The number of nitrogens with zero attached hydrogens (tertiary/aromatic N) is 2. The number of halogens is 2. The van der Waals surface area contributed by atoms with E-state index in [9.17, 15) is 14.4 Å². The number of carbonyl (C=O) groups excluding carboxylic acids is 1. The van der Waals surface area contributed by atoms with Gasteiger partial charge in [0, 0.05) is 20.3 Å². The number of anilines is 1. The van der Waals surface area contributed by atoms with Crippen LogP contribution in [-0.4, -0.2) is 15.0 Å². The van der Waals surface area contributed by atoms with Crippen molar-refractivity contribution in [3.63, 3.8) is 0 Å². The van der Waals surface area contributed by atoms with Gasteiger partial charge in [0.25, 0.3) is 5.56 Å². The number of rotatable bonds is 3. The fraction of sp³-hybridized carbons (Fsp3) is 0.214. The smallest absolute Gasteiger partial charge is 0.320 e. The summed E-state index contributed by atoms with van der Waals surface area (Å²) in [4.78, 5) is 35.6. The molecule has 116 valence electrons. The maximum absolute atomic E-state index is 12.1. The van der Waals surface area contributed by atoms with Gasteiger partial charge < -0.3 is 9.88 Å². The zero-order valence-electron chi connectivity index (χ0n) is 11.9. The van der Waals surface area contributed by atoms with Gasteiger partial charge in [-0.05, 0) is 11.6 Å². The number of hydrogen-bond acceptors (Lipinski definition) is 3. The molecule has 0 radical (unpaired) electrons. The Morgan fingerprint density at radius 3 is 2.59 bits per heavy atom. The zero-order valence-corrected chi connectivity index (χ0v) is 13.4. The molecule has 2 rings (SSSR count). The Balaban J connectivity index is 2.25. The average molecular weight is 342 g/mol. The Kier molecular flexibility index (Phi) is 4.73. The van der Waals surface area contributed by atoms with E-state index in [0.717, 1.165) is 4.57 Å². The van der Waals surface area contributed by atoms with Crippen LogP contribution in [0, 0.1) is 0 Å². The highest BCUT2D eigenvalue weighted by molar-refractivity contribution is 6.42. The zero-order chi connectivity index (χ0) is 16.4. The minimum atomic E-state index is -0.575. The van der Waals surface area contributed by atoms with Crippen LogP contribution in [0.2, 0.25) is 10.0 Å². The molecule has 6 nitrogen and oxygen atoms in total. The van der Waals surface area contributed by atoms with Crippen molar-refractivity contribution in [2.24, 2.45) is 14.1 Å². The molecule has 1 amide bonds. The number of benzene rings is 1. The van der Waals surface area contributed by atoms with Crippen LogP contribution in [0.1, 0.15) is 5.56 Å². The number of nitrogens with one attached hydrogen (secondary N) is 1. The topological polar surface area (TPSA) is 73.1 Å². The molecule has 22 heavy (non-hydrogen) atoms. The van der Waals surface area contributed by atoms with E-state index in [1.165, 1.54) is 24.9 Å². The van der Waals surface area contributed by atoms with Crippen molar-refractivity contribution < 1.29 is 4.79 Å². The molecule has 0 saturated carbocycles. The standard InChI is InChI=1S/C14H13Cl2N3O3/c1-18-7-10(13(21)19(2)14(18)22)17-11(20)6-8-4-3-5-9(15)12(8)16/h3-5,7H,6H2,1-2H3,(H,17,20). The number of amides is 1. The van der Waals surface area contributed by atoms with Crippen molar-refractivity contribution >= 4 is 34.8 Å². The Labute approximate surface area is 135 Å². The van der Waals surface area contributed by atoms with Gasteiger partial charge in [0.2, 0.25) is 5.91 Å². The molecule has 2 aromatic rings. The van der Waals surface area contributed by atoms with Crippen LogP contribution in [0.25, 0.3) is 0 Å². The van der Waals surface area contributed by atoms with Gasteiger partial charge in [0.1, 0.15) is 5.69 Å². The van der Waals surface area contributed by atoms with Crippen LogP contribution < -0.4 is 16.6 Å². The molecule has 0 bridgehead atoms. The molecule has 0 fully saturated rings. The van der Waals surface area contributed by atoms with E-state index < -0.39 is 17.2 Å². The number of aromatic nitrogens is 2. The number of hydrogen-bond donors (Lipinski definition) is 1. The van der Waals surface area contributed by atoms with Gasteiger partial charge in [0.15, 0.2) is 0 Å². The molecule has 0 unspecified atom stereocenters. The van der Waals surface area contributed by atoms with Crippen molar-refractivity contribution in [2.75, 3.05) is 5.32 Å². The van der Waals surface area contributed by atoms with Gasteiger partial charge in [-0.2, -0.15) is 0 Å². The largest absolute Gasteiger partial charge is 0.330 e. The second-order valence-corrected chi connectivity index (χ2v) is 5.52. The van der Waals surface area contributed by atoms with Gasteiger partial charge in [-0.1, -0.05) is 35.3 Å². The predicted molar refractivity (Wildman–Crippen MR) is 85.7 cm³/mol. The fourth-order valence-corrected chi connectivity index (χ4v) is 2.33. The molecule has 0 atom stereocenters. The van der Waals surface area contributed by atoms with Crippen LogP contribution in [-0.2, 0) is 25.3 Å². The van der Waals surface area contributed by atoms with Crippen molar-refractivity contribution in [1.82, 2.24) is 9.13 Å². The first-order chi connectivity index (χ1) is 10.3. The van der Waals surface area contributed by atoms with Crippen LogP contribution in [0.15, 0.2) is 34.0 Å². The molecule has 0 spiro atoms. The summed E-state index contributed by atoms with van der Waals surface area (Å²) >= 11 is 11.9. The molecule has 0 saturated heterocycles. The van der Waals surface area contributed by atoms with E-state index in [1.54, 1.807) is 18.2 Å². The lowest BCUT2D eigenvalue weighted by atomic mass is 10.1. The lowest BCUT2D eigenvalue weighted by Crippen LogP contribution is -2.38. The highest BCUT2D eigenvalue weighted by Gasteiger charge is 2.13. The summed E-state index contributed by atoms with van der Waals surface area (Å²) in [5.74, 6) is -0.431. The third kappa shape index (κ3) is 3.23. The lowest BCUT2D eigenvalue weighted by molar-refractivity contribution is -0.115. The first kappa shape index (κ1) is 16.3. The molecule has 0 aliphatic carbocycles. The van der Waals surface area contributed by atoms with Gasteiger partial charge >= 0.3 is 5.69 Å².